The van der Waals surface area contributed by atoms with Gasteiger partial charge in [0.1, 0.15) is 16.3 Å². The monoisotopic (exact) mass is 134 g/mol. The Morgan fingerprint density at radius 2 is 1.86 bits per heavy atom. The van der Waals surface area contributed by atoms with E-state index in [4.69, 9.17) is 0 Å². The molecule has 0 aromatic carbocycles. The summed E-state index contributed by atoms with van der Waals surface area (Å²) < 4.78 is 0. The molecule has 0 atom stereocenters. The Hall–Kier alpha value is 0.822. The van der Waals surface area contributed by atoms with Crippen LogP contribution in [0, 0.1) is 0 Å². The van der Waals surface area contributed by atoms with E-state index >= 15 is 0 Å². The van der Waals surface area contributed by atoms with Gasteiger partial charge >= 0.3 is 0 Å². The summed E-state index contributed by atoms with van der Waals surface area (Å²) in [6, 6.07) is 0. The third-order valence-corrected chi connectivity index (χ3v) is 1.22. The maximum Gasteiger partial charge on any atom is 0.118 e. The minimum atomic E-state index is 0. The highest BCUT2D eigenvalue weighted by Crippen LogP contribution is 1.94. The van der Waals surface area contributed by atoms with E-state index in [9.17, 15) is 0 Å². The van der Waals surface area contributed by atoms with Gasteiger partial charge in [-0.1, -0.05) is 26.2 Å². The standard InChI is InChI=1S/C5H11.Al.ClH/c1-3-5-4-2;;/h1,3-5H2,2H3;;1H. The Labute approximate surface area is 60.5 Å². The molecule has 0 bridgehead atoms. The average molecular weight is 135 g/mol. The molecule has 0 amide bonds. The zero-order chi connectivity index (χ0) is 4.83. The molecule has 0 aliphatic heterocycles. The lowest BCUT2D eigenvalue weighted by atomic mass is 10.3. The van der Waals surface area contributed by atoms with Crippen LogP contribution in [0.15, 0.2) is 0 Å². The van der Waals surface area contributed by atoms with Crippen molar-refractivity contribution in [2.75, 3.05) is 0 Å². The smallest absolute Gasteiger partial charge is 0.118 e. The quantitative estimate of drug-likeness (QED) is 0.410. The third-order valence-electron chi connectivity index (χ3n) is 0.808. The summed E-state index contributed by atoms with van der Waals surface area (Å²) in [6.45, 7) is 2.22. The van der Waals surface area contributed by atoms with Crippen molar-refractivity contribution in [1.82, 2.24) is 0 Å². The van der Waals surface area contributed by atoms with Gasteiger partial charge in [-0.15, -0.1) is 17.7 Å². The first kappa shape index (κ1) is 10.7. The first-order valence-corrected chi connectivity index (χ1v) is 3.43. The SMILES string of the molecule is CCCC[CH2][Al].Cl. The minimum Gasteiger partial charge on any atom is -0.147 e. The maximum absolute atomic E-state index is 2.73. The van der Waals surface area contributed by atoms with Crippen LogP contribution in [0.3, 0.4) is 0 Å². The van der Waals surface area contributed by atoms with Crippen LogP contribution in [0.5, 0.6) is 0 Å². The maximum atomic E-state index is 2.73. The molecule has 0 aliphatic carbocycles. The van der Waals surface area contributed by atoms with E-state index in [2.05, 4.69) is 23.2 Å². The molecule has 0 nitrogen and oxygen atoms in total. The van der Waals surface area contributed by atoms with Crippen LogP contribution in [0.2, 0.25) is 5.28 Å². The molecule has 0 rings (SSSR count). The number of unbranched alkanes of at least 4 members (excludes halogenated alkanes) is 2. The van der Waals surface area contributed by atoms with E-state index in [0.29, 0.717) is 0 Å². The van der Waals surface area contributed by atoms with Gasteiger partial charge in [0.15, 0.2) is 0 Å². The molecule has 0 unspecified atom stereocenters. The molecule has 0 saturated carbocycles. The molecule has 0 N–H and O–H groups in total. The summed E-state index contributed by atoms with van der Waals surface area (Å²) >= 11 is 2.73. The van der Waals surface area contributed by atoms with Gasteiger partial charge in [0, 0.05) is 0 Å². The third kappa shape index (κ3) is 10.9. The molecule has 0 heterocycles. The van der Waals surface area contributed by atoms with Gasteiger partial charge in [0.25, 0.3) is 0 Å². The molecule has 0 aromatic heterocycles. The summed E-state index contributed by atoms with van der Waals surface area (Å²) in [7, 11) is 0. The molecule has 7 heavy (non-hydrogen) atoms. The van der Waals surface area contributed by atoms with Crippen molar-refractivity contribution in [2.24, 2.45) is 0 Å². The van der Waals surface area contributed by atoms with Crippen LogP contribution in [0.1, 0.15) is 26.2 Å². The summed E-state index contributed by atoms with van der Waals surface area (Å²) in [4.78, 5) is 0. The summed E-state index contributed by atoms with van der Waals surface area (Å²) in [6.07, 6.45) is 4.11. The van der Waals surface area contributed by atoms with E-state index in [0.717, 1.165) is 0 Å². The van der Waals surface area contributed by atoms with Gasteiger partial charge < -0.3 is 0 Å². The van der Waals surface area contributed by atoms with Gasteiger partial charge in [-0.05, 0) is 0 Å². The van der Waals surface area contributed by atoms with Crippen LogP contribution in [0.25, 0.3) is 0 Å². The summed E-state index contributed by atoms with van der Waals surface area (Å²) in [5.41, 5.74) is 0. The lowest BCUT2D eigenvalue weighted by molar-refractivity contribution is 0.771. The lowest BCUT2D eigenvalue weighted by Gasteiger charge is -1.86. The van der Waals surface area contributed by atoms with Crippen LogP contribution in [-0.2, 0) is 0 Å². The van der Waals surface area contributed by atoms with Crippen molar-refractivity contribution in [3.8, 4) is 0 Å². The summed E-state index contributed by atoms with van der Waals surface area (Å²) in [5.74, 6) is 0. The van der Waals surface area contributed by atoms with Gasteiger partial charge in [-0.2, -0.15) is 0 Å². The topological polar surface area (TPSA) is 0 Å². The Bertz CT molecular complexity index is 20.0. The molecular formula is C5H12AlCl. The van der Waals surface area contributed by atoms with Crippen LogP contribution >= 0.6 is 12.4 Å². The Balaban J connectivity index is 0. The van der Waals surface area contributed by atoms with E-state index in [1.54, 1.807) is 0 Å². The van der Waals surface area contributed by atoms with E-state index in [1.807, 2.05) is 0 Å². The molecule has 0 fully saturated rings. The fraction of sp³-hybridized carbons (Fsp3) is 1.00. The first-order valence-electron chi connectivity index (χ1n) is 2.62. The zero-order valence-corrected chi connectivity index (χ0v) is 6.79. The number of hydrogen-bond acceptors (Lipinski definition) is 0. The van der Waals surface area contributed by atoms with Crippen molar-refractivity contribution in [3.63, 3.8) is 0 Å². The second-order valence-electron chi connectivity index (χ2n) is 1.50. The second-order valence-corrected chi connectivity index (χ2v) is 2.07. The van der Waals surface area contributed by atoms with Crippen molar-refractivity contribution < 1.29 is 0 Å². The van der Waals surface area contributed by atoms with E-state index in [-0.39, 0.29) is 12.4 Å². The van der Waals surface area contributed by atoms with E-state index in [1.165, 1.54) is 24.5 Å². The molecule has 2 radical (unpaired) electrons. The highest BCUT2D eigenvalue weighted by Gasteiger charge is 1.75. The fourth-order valence-electron chi connectivity index (χ4n) is 0.394. The molecule has 2 heteroatoms. The Kier molecular flexibility index (Phi) is 15.3. The fourth-order valence-corrected chi connectivity index (χ4v) is 0.683. The predicted octanol–water partition coefficient (Wildman–Crippen LogP) is 2.19. The molecule has 0 saturated heterocycles. The van der Waals surface area contributed by atoms with Crippen molar-refractivity contribution in [1.29, 1.82) is 0 Å². The van der Waals surface area contributed by atoms with Crippen LogP contribution in [0.4, 0.5) is 0 Å². The number of halogens is 1. The Morgan fingerprint density at radius 1 is 1.29 bits per heavy atom. The average Bonchev–Trinajstić information content (AvgIpc) is 1.61. The molecular weight excluding hydrogens is 122 g/mol. The number of rotatable bonds is 3. The van der Waals surface area contributed by atoms with Crippen LogP contribution < -0.4 is 0 Å². The van der Waals surface area contributed by atoms with Gasteiger partial charge in [0.05, 0.1) is 0 Å². The largest absolute Gasteiger partial charge is 0.147 e. The predicted molar refractivity (Wildman–Crippen MR) is 37.3 cm³/mol. The molecule has 42 valence electrons. The highest BCUT2D eigenvalue weighted by molar-refractivity contribution is 6.08. The van der Waals surface area contributed by atoms with Gasteiger partial charge in [-0.3, -0.25) is 0 Å². The Morgan fingerprint density at radius 3 is 2.00 bits per heavy atom. The zero-order valence-electron chi connectivity index (χ0n) is 4.81. The number of hydrogen-bond donors (Lipinski definition) is 0. The molecule has 0 aromatic rings. The molecule has 0 aliphatic rings. The van der Waals surface area contributed by atoms with E-state index < -0.39 is 0 Å². The van der Waals surface area contributed by atoms with Crippen LogP contribution in [-0.4, -0.2) is 16.3 Å². The minimum absolute atomic E-state index is 0. The highest BCUT2D eigenvalue weighted by atomic mass is 35.5. The normalized spacial score (nSPS) is 7.57. The van der Waals surface area contributed by atoms with Gasteiger partial charge in [0.2, 0.25) is 0 Å². The lowest BCUT2D eigenvalue weighted by Crippen LogP contribution is -1.69. The first-order chi connectivity index (χ1) is 2.91. The second kappa shape index (κ2) is 9.95. The van der Waals surface area contributed by atoms with Crippen molar-refractivity contribution in [2.45, 2.75) is 31.5 Å². The summed E-state index contributed by atoms with van der Waals surface area (Å²) in [5, 5.41) is 1.27. The van der Waals surface area contributed by atoms with Gasteiger partial charge in [-0.25, -0.2) is 0 Å². The van der Waals surface area contributed by atoms with Crippen molar-refractivity contribution >= 4 is 28.7 Å². The van der Waals surface area contributed by atoms with Crippen molar-refractivity contribution in [3.05, 3.63) is 0 Å². The molecule has 0 spiro atoms.